The molecule has 6 heteroatoms. The molecule has 3 rings (SSSR count). The Hall–Kier alpha value is -2.31. The first-order valence-electron chi connectivity index (χ1n) is 13.0. The Morgan fingerprint density at radius 1 is 1.00 bits per heavy atom. The third-order valence-corrected chi connectivity index (χ3v) is 7.22. The van der Waals surface area contributed by atoms with Gasteiger partial charge in [0.2, 0.25) is 5.91 Å². The largest absolute Gasteiger partial charge is 0.369 e. The summed E-state index contributed by atoms with van der Waals surface area (Å²) < 4.78 is 33.0. The highest BCUT2D eigenvalue weighted by molar-refractivity contribution is 5.76. The van der Waals surface area contributed by atoms with E-state index in [0.717, 1.165) is 63.1 Å². The van der Waals surface area contributed by atoms with Crippen LogP contribution in [0.4, 0.5) is 8.78 Å². The second kappa shape index (κ2) is 13.7. The van der Waals surface area contributed by atoms with Crippen LogP contribution < -0.4 is 0 Å². The normalized spacial score (nSPS) is 18.7. The predicted molar refractivity (Wildman–Crippen MR) is 136 cm³/mol. The molecule has 1 amide bonds. The fourth-order valence-electron chi connectivity index (χ4n) is 5.02. The summed E-state index contributed by atoms with van der Waals surface area (Å²) in [7, 11) is 0. The molecule has 1 aliphatic heterocycles. The van der Waals surface area contributed by atoms with E-state index in [1.807, 2.05) is 18.7 Å². The van der Waals surface area contributed by atoms with E-state index >= 15 is 0 Å². The molecule has 0 aromatic heterocycles. The van der Waals surface area contributed by atoms with E-state index in [0.29, 0.717) is 24.9 Å². The number of nitrogens with zero attached hydrogens (tertiary/aromatic N) is 2. The van der Waals surface area contributed by atoms with Crippen molar-refractivity contribution in [1.82, 2.24) is 9.80 Å². The van der Waals surface area contributed by atoms with Gasteiger partial charge in [-0.3, -0.25) is 4.79 Å². The summed E-state index contributed by atoms with van der Waals surface area (Å²) in [5.41, 5.74) is 1.71. The Morgan fingerprint density at radius 2 is 1.57 bits per heavy atom. The van der Waals surface area contributed by atoms with Gasteiger partial charge in [0, 0.05) is 32.7 Å². The second-order valence-electron chi connectivity index (χ2n) is 9.66. The van der Waals surface area contributed by atoms with Crippen LogP contribution in [0.1, 0.15) is 63.7 Å². The zero-order chi connectivity index (χ0) is 25.2. The van der Waals surface area contributed by atoms with E-state index in [9.17, 15) is 13.6 Å². The fourth-order valence-corrected chi connectivity index (χ4v) is 5.02. The number of carbonyl (C=O) groups is 1. The van der Waals surface area contributed by atoms with Crippen molar-refractivity contribution in [2.75, 3.05) is 39.3 Å². The highest BCUT2D eigenvalue weighted by atomic mass is 19.1. The molecule has 2 atom stereocenters. The number of halogens is 2. The lowest BCUT2D eigenvalue weighted by atomic mass is 9.84. The van der Waals surface area contributed by atoms with Crippen LogP contribution >= 0.6 is 0 Å². The minimum Gasteiger partial charge on any atom is -0.369 e. The van der Waals surface area contributed by atoms with Gasteiger partial charge in [-0.2, -0.15) is 0 Å². The molecule has 0 aliphatic carbocycles. The topological polar surface area (TPSA) is 32.8 Å². The number of unbranched alkanes of at least 4 members (excludes halogenated alkanes) is 1. The summed E-state index contributed by atoms with van der Waals surface area (Å²) >= 11 is 0. The quantitative estimate of drug-likeness (QED) is 0.342. The molecule has 35 heavy (non-hydrogen) atoms. The van der Waals surface area contributed by atoms with Gasteiger partial charge in [-0.05, 0) is 93.4 Å². The van der Waals surface area contributed by atoms with Gasteiger partial charge >= 0.3 is 0 Å². The van der Waals surface area contributed by atoms with E-state index in [1.54, 1.807) is 24.3 Å². The lowest BCUT2D eigenvalue weighted by molar-refractivity contribution is -0.132. The van der Waals surface area contributed by atoms with Crippen LogP contribution in [-0.4, -0.2) is 55.0 Å². The molecule has 1 heterocycles. The third kappa shape index (κ3) is 8.11. The second-order valence-corrected chi connectivity index (χ2v) is 9.66. The highest BCUT2D eigenvalue weighted by Crippen LogP contribution is 2.28. The Labute approximate surface area is 209 Å². The van der Waals surface area contributed by atoms with E-state index in [-0.39, 0.29) is 23.6 Å². The third-order valence-electron chi connectivity index (χ3n) is 7.22. The van der Waals surface area contributed by atoms with Crippen molar-refractivity contribution in [1.29, 1.82) is 0 Å². The average molecular weight is 487 g/mol. The van der Waals surface area contributed by atoms with E-state index in [4.69, 9.17) is 4.74 Å². The van der Waals surface area contributed by atoms with Gasteiger partial charge in [-0.15, -0.1) is 0 Å². The van der Waals surface area contributed by atoms with Crippen molar-refractivity contribution in [2.45, 2.75) is 52.6 Å². The van der Waals surface area contributed by atoms with Crippen LogP contribution in [0.3, 0.4) is 0 Å². The Bertz CT molecular complexity index is 854. The van der Waals surface area contributed by atoms with Gasteiger partial charge < -0.3 is 14.5 Å². The molecule has 0 spiro atoms. The molecule has 1 saturated heterocycles. The minimum atomic E-state index is -0.352. The number of benzene rings is 2. The molecule has 2 aromatic carbocycles. The van der Waals surface area contributed by atoms with Crippen LogP contribution in [0.25, 0.3) is 0 Å². The van der Waals surface area contributed by atoms with Crippen molar-refractivity contribution < 1.29 is 18.3 Å². The summed E-state index contributed by atoms with van der Waals surface area (Å²) in [6.07, 6.45) is 3.32. The van der Waals surface area contributed by atoms with Crippen molar-refractivity contribution >= 4 is 5.91 Å². The van der Waals surface area contributed by atoms with Gasteiger partial charge in [0.05, 0.1) is 0 Å². The fraction of sp³-hybridized carbons (Fsp3) is 0.552. The maximum absolute atomic E-state index is 13.4. The van der Waals surface area contributed by atoms with Crippen molar-refractivity contribution in [3.8, 4) is 0 Å². The molecule has 192 valence electrons. The summed E-state index contributed by atoms with van der Waals surface area (Å²) in [5, 5.41) is 0. The van der Waals surface area contributed by atoms with Gasteiger partial charge in [-0.1, -0.05) is 31.2 Å². The molecule has 1 fully saturated rings. The highest BCUT2D eigenvalue weighted by Gasteiger charge is 2.28. The first kappa shape index (κ1) is 27.3. The van der Waals surface area contributed by atoms with Crippen LogP contribution in [0.2, 0.25) is 0 Å². The minimum absolute atomic E-state index is 0.286. The number of amides is 1. The van der Waals surface area contributed by atoms with Crippen molar-refractivity contribution in [3.05, 3.63) is 71.3 Å². The van der Waals surface area contributed by atoms with Gasteiger partial charge in [-0.25, -0.2) is 8.78 Å². The van der Waals surface area contributed by atoms with Gasteiger partial charge in [0.25, 0.3) is 0 Å². The summed E-state index contributed by atoms with van der Waals surface area (Å²) in [6, 6.07) is 12.6. The maximum atomic E-state index is 13.4. The SMILES string of the molecule is CCN(CC)C(=O)C[C@H]1CCN(CCCCOC(c2ccc(F)cc2)c2ccc(F)cc2)C[C@H]1C. The summed E-state index contributed by atoms with van der Waals surface area (Å²) in [5.74, 6) is 0.689. The van der Waals surface area contributed by atoms with E-state index in [1.165, 1.54) is 24.3 Å². The Balaban J connectivity index is 1.43. The number of carbonyl (C=O) groups excluding carboxylic acids is 1. The maximum Gasteiger partial charge on any atom is 0.222 e. The van der Waals surface area contributed by atoms with Gasteiger partial charge in [0.15, 0.2) is 0 Å². The molecule has 0 saturated carbocycles. The van der Waals surface area contributed by atoms with Crippen LogP contribution in [0.15, 0.2) is 48.5 Å². The summed E-state index contributed by atoms with van der Waals surface area (Å²) in [4.78, 5) is 16.9. The first-order valence-corrected chi connectivity index (χ1v) is 13.0. The van der Waals surface area contributed by atoms with Crippen molar-refractivity contribution in [3.63, 3.8) is 0 Å². The average Bonchev–Trinajstić information content (AvgIpc) is 2.85. The number of hydrogen-bond donors (Lipinski definition) is 0. The Kier molecular flexibility index (Phi) is 10.7. The van der Waals surface area contributed by atoms with Crippen molar-refractivity contribution in [2.24, 2.45) is 11.8 Å². The smallest absolute Gasteiger partial charge is 0.222 e. The molecule has 0 bridgehead atoms. The lowest BCUT2D eigenvalue weighted by Gasteiger charge is -2.37. The van der Waals surface area contributed by atoms with Gasteiger partial charge in [0.1, 0.15) is 17.7 Å². The molecule has 1 aliphatic rings. The van der Waals surface area contributed by atoms with Crippen LogP contribution in [0, 0.1) is 23.5 Å². The number of hydrogen-bond acceptors (Lipinski definition) is 3. The summed E-state index contributed by atoms with van der Waals surface area (Å²) in [6.45, 7) is 11.6. The van der Waals surface area contributed by atoms with Crippen LogP contribution in [-0.2, 0) is 9.53 Å². The number of ether oxygens (including phenoxy) is 1. The molecule has 0 radical (unpaired) electrons. The monoisotopic (exact) mass is 486 g/mol. The Morgan fingerprint density at radius 3 is 2.09 bits per heavy atom. The molecule has 2 aromatic rings. The van der Waals surface area contributed by atoms with Crippen LogP contribution in [0.5, 0.6) is 0 Å². The number of likely N-dealkylation sites (tertiary alicyclic amines) is 1. The van der Waals surface area contributed by atoms with E-state index in [2.05, 4.69) is 11.8 Å². The molecule has 0 unspecified atom stereocenters. The number of piperidine rings is 1. The van der Waals surface area contributed by atoms with E-state index < -0.39 is 0 Å². The first-order chi connectivity index (χ1) is 16.9. The predicted octanol–water partition coefficient (Wildman–Crippen LogP) is 6.07. The standard InChI is InChI=1S/C29H40F2N2O2/c1-4-33(5-2)28(34)20-25-16-18-32(21-22(25)3)17-6-7-19-35-29(23-8-12-26(30)13-9-23)24-10-14-27(31)15-11-24/h8-15,22,25,29H,4-7,16-21H2,1-3H3/t22-,25-/m1/s1. The lowest BCUT2D eigenvalue weighted by Crippen LogP contribution is -2.42. The zero-order valence-corrected chi connectivity index (χ0v) is 21.4. The zero-order valence-electron chi connectivity index (χ0n) is 21.4. The molecule has 4 nitrogen and oxygen atoms in total. The number of rotatable bonds is 12. The molecular weight excluding hydrogens is 446 g/mol. The molecular formula is C29H40F2N2O2. The molecule has 0 N–H and O–H groups in total.